The van der Waals surface area contributed by atoms with E-state index in [2.05, 4.69) is 5.32 Å². The third-order valence-corrected chi connectivity index (χ3v) is 2.72. The maximum Gasteiger partial charge on any atom is 0.405 e. The van der Waals surface area contributed by atoms with Gasteiger partial charge in [0.15, 0.2) is 0 Å². The van der Waals surface area contributed by atoms with Gasteiger partial charge in [0.05, 0.1) is 6.54 Å². The lowest BCUT2D eigenvalue weighted by Gasteiger charge is -2.16. The molecule has 1 heterocycles. The molecule has 1 aliphatic heterocycles. The van der Waals surface area contributed by atoms with E-state index < -0.39 is 18.6 Å². The highest BCUT2D eigenvalue weighted by molar-refractivity contribution is 5.78. The summed E-state index contributed by atoms with van der Waals surface area (Å²) in [7, 11) is 1.86. The summed E-state index contributed by atoms with van der Waals surface area (Å²) in [5, 5.41) is 4.93. The number of hydrogen-bond acceptors (Lipinski definition) is 3. The number of carbonyl (C=O) groups is 1. The Labute approximate surface area is 98.5 Å². The second-order valence-electron chi connectivity index (χ2n) is 4.34. The first-order valence-corrected chi connectivity index (χ1v) is 5.61. The number of rotatable bonds is 5. The fraction of sp³-hybridized carbons (Fsp3) is 0.900. The minimum Gasteiger partial charge on any atom is -0.346 e. The van der Waals surface area contributed by atoms with E-state index >= 15 is 0 Å². The van der Waals surface area contributed by atoms with Gasteiger partial charge in [-0.15, -0.1) is 0 Å². The number of hydrogen-bond donors (Lipinski definition) is 2. The number of likely N-dealkylation sites (tertiary alicyclic amines) is 1. The summed E-state index contributed by atoms with van der Waals surface area (Å²) in [5.74, 6) is -0.0807. The minimum atomic E-state index is -4.34. The van der Waals surface area contributed by atoms with Gasteiger partial charge in [-0.2, -0.15) is 13.2 Å². The fourth-order valence-corrected chi connectivity index (χ4v) is 1.97. The summed E-state index contributed by atoms with van der Waals surface area (Å²) >= 11 is 0. The number of alkyl halides is 3. The molecule has 1 amide bonds. The van der Waals surface area contributed by atoms with Gasteiger partial charge < -0.3 is 10.6 Å². The number of nitrogens with one attached hydrogen (secondary N) is 2. The Kier molecular flexibility index (Phi) is 5.20. The van der Waals surface area contributed by atoms with E-state index in [0.29, 0.717) is 5.92 Å². The molecule has 7 heteroatoms. The molecule has 4 nitrogen and oxygen atoms in total. The summed E-state index contributed by atoms with van der Waals surface area (Å²) in [6.45, 7) is 1.21. The summed E-state index contributed by atoms with van der Waals surface area (Å²) in [6, 6.07) is 0. The van der Waals surface area contributed by atoms with Crippen LogP contribution in [0.5, 0.6) is 0 Å². The zero-order valence-electron chi connectivity index (χ0n) is 9.81. The fourth-order valence-electron chi connectivity index (χ4n) is 1.97. The third kappa shape index (κ3) is 5.88. The van der Waals surface area contributed by atoms with E-state index in [9.17, 15) is 18.0 Å². The first-order valence-electron chi connectivity index (χ1n) is 5.61. The molecule has 100 valence electrons. The van der Waals surface area contributed by atoms with Gasteiger partial charge in [0.1, 0.15) is 6.54 Å². The summed E-state index contributed by atoms with van der Waals surface area (Å²) < 4.78 is 35.6. The van der Waals surface area contributed by atoms with Crippen LogP contribution in [0.3, 0.4) is 0 Å². The van der Waals surface area contributed by atoms with Gasteiger partial charge in [-0.25, -0.2) is 0 Å². The predicted molar refractivity (Wildman–Crippen MR) is 57.5 cm³/mol. The normalized spacial score (nSPS) is 21.8. The van der Waals surface area contributed by atoms with E-state index in [1.54, 1.807) is 0 Å². The SMILES string of the molecule is CNCC1CCN(CC(=O)NCC(F)(F)F)C1. The lowest BCUT2D eigenvalue weighted by molar-refractivity contribution is -0.138. The van der Waals surface area contributed by atoms with Crippen LogP contribution < -0.4 is 10.6 Å². The molecule has 1 rings (SSSR count). The van der Waals surface area contributed by atoms with E-state index in [-0.39, 0.29) is 6.54 Å². The van der Waals surface area contributed by atoms with Crippen LogP contribution in [0, 0.1) is 5.92 Å². The summed E-state index contributed by atoms with van der Waals surface area (Å²) in [4.78, 5) is 13.1. The van der Waals surface area contributed by atoms with Gasteiger partial charge in [-0.05, 0) is 32.5 Å². The van der Waals surface area contributed by atoms with Crippen molar-refractivity contribution < 1.29 is 18.0 Å². The topological polar surface area (TPSA) is 44.4 Å². The minimum absolute atomic E-state index is 0.0519. The van der Waals surface area contributed by atoms with Gasteiger partial charge >= 0.3 is 6.18 Å². The Hall–Kier alpha value is -0.820. The van der Waals surface area contributed by atoms with E-state index in [1.807, 2.05) is 17.3 Å². The Morgan fingerprint density at radius 2 is 2.18 bits per heavy atom. The summed E-state index contributed by atoms with van der Waals surface area (Å²) in [6.07, 6.45) is -3.36. The molecule has 0 bridgehead atoms. The Bertz CT molecular complexity index is 258. The standard InChI is InChI=1S/C10H18F3N3O/c1-14-4-8-2-3-16(5-8)6-9(17)15-7-10(11,12)13/h8,14H,2-7H2,1H3,(H,15,17). The van der Waals surface area contributed by atoms with E-state index in [0.717, 1.165) is 26.1 Å². The summed E-state index contributed by atoms with van der Waals surface area (Å²) in [5.41, 5.74) is 0. The zero-order chi connectivity index (χ0) is 12.9. The Morgan fingerprint density at radius 3 is 2.76 bits per heavy atom. The van der Waals surface area contributed by atoms with Crippen molar-refractivity contribution in [3.8, 4) is 0 Å². The van der Waals surface area contributed by atoms with Crippen LogP contribution in [0.15, 0.2) is 0 Å². The second-order valence-corrected chi connectivity index (χ2v) is 4.34. The van der Waals surface area contributed by atoms with Crippen LogP contribution in [0.25, 0.3) is 0 Å². The Balaban J connectivity index is 2.19. The highest BCUT2D eigenvalue weighted by Gasteiger charge is 2.29. The maximum atomic E-state index is 11.9. The quantitative estimate of drug-likeness (QED) is 0.736. The average molecular weight is 253 g/mol. The third-order valence-electron chi connectivity index (χ3n) is 2.72. The molecule has 0 aliphatic carbocycles. The molecular formula is C10H18F3N3O. The van der Waals surface area contributed by atoms with Gasteiger partial charge in [0.25, 0.3) is 0 Å². The molecule has 0 aromatic carbocycles. The highest BCUT2D eigenvalue weighted by Crippen LogP contribution is 2.15. The van der Waals surface area contributed by atoms with Crippen molar-refractivity contribution in [2.75, 3.05) is 39.8 Å². The first kappa shape index (κ1) is 14.2. The van der Waals surface area contributed by atoms with Gasteiger partial charge in [0.2, 0.25) is 5.91 Å². The van der Waals surface area contributed by atoms with Crippen molar-refractivity contribution in [2.45, 2.75) is 12.6 Å². The van der Waals surface area contributed by atoms with Gasteiger partial charge in [-0.1, -0.05) is 0 Å². The Morgan fingerprint density at radius 1 is 1.47 bits per heavy atom. The number of carbonyl (C=O) groups excluding carboxylic acids is 1. The predicted octanol–water partition coefficient (Wildman–Crippen LogP) is 0.206. The van der Waals surface area contributed by atoms with E-state index in [4.69, 9.17) is 0 Å². The van der Waals surface area contributed by atoms with Crippen LogP contribution in [-0.2, 0) is 4.79 Å². The van der Waals surface area contributed by atoms with Gasteiger partial charge in [0, 0.05) is 6.54 Å². The zero-order valence-corrected chi connectivity index (χ0v) is 9.81. The highest BCUT2D eigenvalue weighted by atomic mass is 19.4. The molecule has 1 aliphatic rings. The van der Waals surface area contributed by atoms with Crippen molar-refractivity contribution in [2.24, 2.45) is 5.92 Å². The molecule has 0 aromatic heterocycles. The molecule has 17 heavy (non-hydrogen) atoms. The molecule has 1 saturated heterocycles. The molecule has 0 spiro atoms. The number of nitrogens with zero attached hydrogens (tertiary/aromatic N) is 1. The lowest BCUT2D eigenvalue weighted by atomic mass is 10.1. The van der Waals surface area contributed by atoms with Crippen molar-refractivity contribution >= 4 is 5.91 Å². The van der Waals surface area contributed by atoms with Crippen LogP contribution in [0.4, 0.5) is 13.2 Å². The smallest absolute Gasteiger partial charge is 0.346 e. The average Bonchev–Trinajstić information content (AvgIpc) is 2.62. The molecule has 2 N–H and O–H groups in total. The number of halogens is 3. The van der Waals surface area contributed by atoms with Gasteiger partial charge in [-0.3, -0.25) is 9.69 Å². The van der Waals surface area contributed by atoms with Crippen LogP contribution in [0.1, 0.15) is 6.42 Å². The molecular weight excluding hydrogens is 235 g/mol. The van der Waals surface area contributed by atoms with E-state index in [1.165, 1.54) is 0 Å². The molecule has 0 saturated carbocycles. The molecule has 1 fully saturated rings. The van der Waals surface area contributed by atoms with Crippen molar-refractivity contribution in [1.29, 1.82) is 0 Å². The van der Waals surface area contributed by atoms with Crippen molar-refractivity contribution in [3.63, 3.8) is 0 Å². The van der Waals surface area contributed by atoms with Crippen molar-refractivity contribution in [3.05, 3.63) is 0 Å². The molecule has 1 atom stereocenters. The van der Waals surface area contributed by atoms with Crippen LogP contribution in [-0.4, -0.2) is 56.8 Å². The molecule has 0 radical (unpaired) electrons. The first-order chi connectivity index (χ1) is 7.90. The maximum absolute atomic E-state index is 11.9. The monoisotopic (exact) mass is 253 g/mol. The molecule has 1 unspecified atom stereocenters. The lowest BCUT2D eigenvalue weighted by Crippen LogP contribution is -2.40. The number of amides is 1. The second kappa shape index (κ2) is 6.20. The van der Waals surface area contributed by atoms with Crippen LogP contribution in [0.2, 0.25) is 0 Å². The van der Waals surface area contributed by atoms with Crippen molar-refractivity contribution in [1.82, 2.24) is 15.5 Å². The van der Waals surface area contributed by atoms with Crippen LogP contribution >= 0.6 is 0 Å². The largest absolute Gasteiger partial charge is 0.405 e. The molecule has 0 aromatic rings.